The summed E-state index contributed by atoms with van der Waals surface area (Å²) in [4.78, 5) is 11.9. The summed E-state index contributed by atoms with van der Waals surface area (Å²) in [5.41, 5.74) is 3.48. The Hall–Kier alpha value is -3.24. The Bertz CT molecular complexity index is 1370. The van der Waals surface area contributed by atoms with Crippen molar-refractivity contribution in [3.8, 4) is 5.75 Å². The second-order valence-corrected chi connectivity index (χ2v) is 11.7. The van der Waals surface area contributed by atoms with Gasteiger partial charge in [-0.25, -0.2) is 8.42 Å². The van der Waals surface area contributed by atoms with Gasteiger partial charge >= 0.3 is 5.97 Å². The standard InChI is InChI=1S/C27H34N4O5S/c1-5-30-17-24(28-29-30)19(3)12-22(14-27(32)33)21-11-10-18(2)23(13-21)16-31-15-20(4)36-25-8-6-7-9-26(25)37(31,34)35/h6-11,13,17,19-20,22H,5,12,14-16H2,1-4H3,(H,32,33)/t19?,20-,22?/m1/s1. The molecule has 4 rings (SSSR count). The summed E-state index contributed by atoms with van der Waals surface area (Å²) in [5.74, 6) is -0.773. The van der Waals surface area contributed by atoms with Crippen LogP contribution in [-0.2, 0) is 27.9 Å². The van der Waals surface area contributed by atoms with Crippen LogP contribution < -0.4 is 4.74 Å². The van der Waals surface area contributed by atoms with Gasteiger partial charge < -0.3 is 9.84 Å². The minimum atomic E-state index is -3.78. The molecule has 2 unspecified atom stereocenters. The van der Waals surface area contributed by atoms with Crippen LogP contribution in [0.4, 0.5) is 0 Å². The summed E-state index contributed by atoms with van der Waals surface area (Å²) in [6.07, 6.45) is 2.12. The van der Waals surface area contributed by atoms with E-state index in [0.29, 0.717) is 18.7 Å². The van der Waals surface area contributed by atoms with Crippen molar-refractivity contribution in [3.05, 3.63) is 71.0 Å². The highest BCUT2D eigenvalue weighted by atomic mass is 32.2. The van der Waals surface area contributed by atoms with E-state index in [0.717, 1.165) is 22.4 Å². The van der Waals surface area contributed by atoms with E-state index in [1.54, 1.807) is 28.9 Å². The van der Waals surface area contributed by atoms with E-state index < -0.39 is 16.0 Å². The normalized spacial score (nSPS) is 18.9. The molecule has 0 spiro atoms. The molecule has 3 atom stereocenters. The lowest BCUT2D eigenvalue weighted by atomic mass is 9.85. The molecule has 0 amide bonds. The molecule has 1 aliphatic rings. The first-order chi connectivity index (χ1) is 17.6. The van der Waals surface area contributed by atoms with E-state index in [1.165, 1.54) is 4.31 Å². The minimum absolute atomic E-state index is 0.00916. The highest BCUT2D eigenvalue weighted by Gasteiger charge is 2.33. The Balaban J connectivity index is 1.63. The molecule has 0 radical (unpaired) electrons. The molecule has 1 aromatic heterocycles. The van der Waals surface area contributed by atoms with E-state index in [4.69, 9.17) is 4.74 Å². The highest BCUT2D eigenvalue weighted by molar-refractivity contribution is 7.89. The fourth-order valence-corrected chi connectivity index (χ4v) is 6.40. The molecular formula is C27H34N4O5S. The van der Waals surface area contributed by atoms with Gasteiger partial charge in [0.15, 0.2) is 0 Å². The predicted molar refractivity (Wildman–Crippen MR) is 139 cm³/mol. The summed E-state index contributed by atoms with van der Waals surface area (Å²) in [7, 11) is -3.78. The predicted octanol–water partition coefficient (Wildman–Crippen LogP) is 4.33. The number of aliphatic carboxylic acids is 1. The number of hydrogen-bond acceptors (Lipinski definition) is 6. The third-order valence-corrected chi connectivity index (χ3v) is 8.74. The molecule has 2 aromatic carbocycles. The number of sulfonamides is 1. The van der Waals surface area contributed by atoms with Crippen molar-refractivity contribution < 1.29 is 23.1 Å². The molecule has 0 aliphatic carbocycles. The molecule has 37 heavy (non-hydrogen) atoms. The summed E-state index contributed by atoms with van der Waals surface area (Å²) >= 11 is 0. The number of ether oxygens (including phenoxy) is 1. The van der Waals surface area contributed by atoms with Gasteiger partial charge in [0.05, 0.1) is 18.7 Å². The second-order valence-electron chi connectivity index (χ2n) is 9.79. The fourth-order valence-electron chi connectivity index (χ4n) is 4.78. The lowest BCUT2D eigenvalue weighted by Crippen LogP contribution is -2.35. The van der Waals surface area contributed by atoms with Gasteiger partial charge in [0.2, 0.25) is 10.0 Å². The first-order valence-corrected chi connectivity index (χ1v) is 14.0. The summed E-state index contributed by atoms with van der Waals surface area (Å²) < 4.78 is 36.2. The van der Waals surface area contributed by atoms with Crippen LogP contribution in [0, 0.1) is 6.92 Å². The number of carbonyl (C=O) groups is 1. The van der Waals surface area contributed by atoms with Gasteiger partial charge in [0.25, 0.3) is 0 Å². The second kappa shape index (κ2) is 11.0. The van der Waals surface area contributed by atoms with Crippen LogP contribution in [-0.4, -0.2) is 51.4 Å². The number of fused-ring (bicyclic) bond motifs is 1. The maximum Gasteiger partial charge on any atom is 0.303 e. The van der Waals surface area contributed by atoms with Gasteiger partial charge in [-0.2, -0.15) is 4.31 Å². The zero-order valence-corrected chi connectivity index (χ0v) is 22.5. The van der Waals surface area contributed by atoms with Gasteiger partial charge in [-0.3, -0.25) is 9.48 Å². The third-order valence-electron chi connectivity index (χ3n) is 6.89. The Kier molecular flexibility index (Phi) is 7.99. The van der Waals surface area contributed by atoms with Crippen molar-refractivity contribution in [2.24, 2.45) is 0 Å². The zero-order chi connectivity index (χ0) is 26.7. The smallest absolute Gasteiger partial charge is 0.303 e. The van der Waals surface area contributed by atoms with Gasteiger partial charge in [0, 0.05) is 25.2 Å². The first kappa shape index (κ1) is 26.8. The van der Waals surface area contributed by atoms with Crippen LogP contribution >= 0.6 is 0 Å². The van der Waals surface area contributed by atoms with Crippen molar-refractivity contribution in [1.82, 2.24) is 19.3 Å². The molecule has 0 fully saturated rings. The Morgan fingerprint density at radius 1 is 1.24 bits per heavy atom. The van der Waals surface area contributed by atoms with Crippen molar-refractivity contribution in [1.29, 1.82) is 0 Å². The largest absolute Gasteiger partial charge is 0.488 e. The number of aromatic nitrogens is 3. The topological polar surface area (TPSA) is 115 Å². The number of hydrogen-bond donors (Lipinski definition) is 1. The van der Waals surface area contributed by atoms with Gasteiger partial charge in [0.1, 0.15) is 16.7 Å². The Morgan fingerprint density at radius 3 is 2.70 bits per heavy atom. The van der Waals surface area contributed by atoms with Crippen LogP contribution in [0.15, 0.2) is 53.6 Å². The number of para-hydroxylation sites is 1. The van der Waals surface area contributed by atoms with Crippen LogP contribution in [0.1, 0.15) is 67.8 Å². The zero-order valence-electron chi connectivity index (χ0n) is 21.7. The number of aryl methyl sites for hydroxylation is 2. The number of carboxylic acid groups (broad SMARTS) is 1. The van der Waals surface area contributed by atoms with E-state index in [1.807, 2.05) is 52.1 Å². The maximum atomic E-state index is 13.5. The van der Waals surface area contributed by atoms with Crippen LogP contribution in [0.3, 0.4) is 0 Å². The molecule has 3 aromatic rings. The minimum Gasteiger partial charge on any atom is -0.488 e. The Labute approximate surface area is 218 Å². The number of carboxylic acids is 1. The molecule has 10 heteroatoms. The van der Waals surface area contributed by atoms with Gasteiger partial charge in [-0.1, -0.05) is 42.5 Å². The van der Waals surface area contributed by atoms with Crippen LogP contribution in [0.25, 0.3) is 0 Å². The molecule has 0 saturated heterocycles. The molecule has 0 bridgehead atoms. The molecular weight excluding hydrogens is 492 g/mol. The average molecular weight is 527 g/mol. The Morgan fingerprint density at radius 2 is 2.00 bits per heavy atom. The number of benzene rings is 2. The third kappa shape index (κ3) is 6.02. The van der Waals surface area contributed by atoms with Gasteiger partial charge in [-0.05, 0) is 61.9 Å². The van der Waals surface area contributed by atoms with Crippen molar-refractivity contribution in [2.75, 3.05) is 6.54 Å². The SMILES string of the molecule is CCn1cc(C(C)CC(CC(=O)O)c2ccc(C)c(CN3C[C@@H](C)Oc4ccccc4S3(=O)=O)c2)nn1. The van der Waals surface area contributed by atoms with Gasteiger partial charge in [-0.15, -0.1) is 5.10 Å². The van der Waals surface area contributed by atoms with Crippen LogP contribution in [0.2, 0.25) is 0 Å². The monoisotopic (exact) mass is 526 g/mol. The van der Waals surface area contributed by atoms with Crippen molar-refractivity contribution in [2.45, 2.75) is 76.5 Å². The lowest BCUT2D eigenvalue weighted by molar-refractivity contribution is -0.137. The molecule has 2 heterocycles. The quantitative estimate of drug-likeness (QED) is 0.441. The summed E-state index contributed by atoms with van der Waals surface area (Å²) in [6, 6.07) is 12.5. The maximum absolute atomic E-state index is 13.5. The number of nitrogens with zero attached hydrogens (tertiary/aromatic N) is 4. The average Bonchev–Trinajstić information content (AvgIpc) is 3.31. The molecule has 0 saturated carbocycles. The van der Waals surface area contributed by atoms with E-state index in [-0.39, 0.29) is 42.3 Å². The molecule has 198 valence electrons. The summed E-state index contributed by atoms with van der Waals surface area (Å²) in [5, 5.41) is 18.0. The van der Waals surface area contributed by atoms with E-state index >= 15 is 0 Å². The number of rotatable bonds is 9. The first-order valence-electron chi connectivity index (χ1n) is 12.6. The van der Waals surface area contributed by atoms with Crippen LogP contribution in [0.5, 0.6) is 5.75 Å². The summed E-state index contributed by atoms with van der Waals surface area (Å²) in [6.45, 7) is 8.90. The van der Waals surface area contributed by atoms with Crippen molar-refractivity contribution >= 4 is 16.0 Å². The molecule has 1 N–H and O–H groups in total. The van der Waals surface area contributed by atoms with E-state index in [2.05, 4.69) is 10.3 Å². The van der Waals surface area contributed by atoms with Crippen molar-refractivity contribution in [3.63, 3.8) is 0 Å². The molecule has 9 nitrogen and oxygen atoms in total. The van der Waals surface area contributed by atoms with E-state index in [9.17, 15) is 18.3 Å². The highest BCUT2D eigenvalue weighted by Crippen LogP contribution is 2.35. The fraction of sp³-hybridized carbons (Fsp3) is 0.444. The lowest BCUT2D eigenvalue weighted by Gasteiger charge is -2.24. The molecule has 1 aliphatic heterocycles.